The molecule has 0 aliphatic heterocycles. The van der Waals surface area contributed by atoms with Gasteiger partial charge in [0.1, 0.15) is 6.07 Å². The van der Waals surface area contributed by atoms with Crippen molar-refractivity contribution in [1.29, 1.82) is 5.26 Å². The van der Waals surface area contributed by atoms with Gasteiger partial charge in [0.15, 0.2) is 0 Å². The highest BCUT2D eigenvalue weighted by atomic mass is 19.4. The molecule has 21 heavy (non-hydrogen) atoms. The zero-order valence-corrected chi connectivity index (χ0v) is 11.1. The summed E-state index contributed by atoms with van der Waals surface area (Å²) in [6.07, 6.45) is -4.39. The second-order valence-corrected chi connectivity index (χ2v) is 4.65. The Hall–Kier alpha value is -2.55. The Bertz CT molecular complexity index is 770. The molecule has 1 N–H and O–H groups in total. The maximum absolute atomic E-state index is 12.6. The van der Waals surface area contributed by atoms with Crippen LogP contribution in [-0.2, 0) is 12.6 Å². The number of nitrogens with zero attached hydrogens (tertiary/aromatic N) is 1. The third kappa shape index (κ3) is 3.31. The molecule has 0 aliphatic rings. The summed E-state index contributed by atoms with van der Waals surface area (Å²) in [6, 6.07) is 8.14. The summed E-state index contributed by atoms with van der Waals surface area (Å²) in [5.41, 5.74) is 0.208. The Morgan fingerprint density at radius 2 is 2.00 bits per heavy atom. The molecule has 0 saturated heterocycles. The Kier molecular flexibility index (Phi) is 3.85. The molecule has 1 heterocycles. The molecule has 2 rings (SSSR count). The molecule has 0 bridgehead atoms. The quantitative estimate of drug-likeness (QED) is 0.924. The minimum absolute atomic E-state index is 0.0359. The smallest absolute Gasteiger partial charge is 0.325 e. The Labute approximate surface area is 118 Å². The summed E-state index contributed by atoms with van der Waals surface area (Å²) in [6.45, 7) is 1.59. The van der Waals surface area contributed by atoms with Crippen molar-refractivity contribution >= 4 is 0 Å². The summed E-state index contributed by atoms with van der Waals surface area (Å²) in [5.74, 6) is 0. The fourth-order valence-corrected chi connectivity index (χ4v) is 1.99. The van der Waals surface area contributed by atoms with Crippen molar-refractivity contribution in [1.82, 2.24) is 4.98 Å². The average Bonchev–Trinajstić information content (AvgIpc) is 2.41. The molecule has 0 unspecified atom stereocenters. The molecule has 0 atom stereocenters. The molecule has 0 amide bonds. The number of aryl methyl sites for hydroxylation is 1. The van der Waals surface area contributed by atoms with Gasteiger partial charge in [-0.3, -0.25) is 4.79 Å². The van der Waals surface area contributed by atoms with Gasteiger partial charge in [-0.25, -0.2) is 0 Å². The van der Waals surface area contributed by atoms with Gasteiger partial charge in [-0.15, -0.1) is 0 Å². The van der Waals surface area contributed by atoms with Crippen LogP contribution in [0.5, 0.6) is 0 Å². The molecule has 0 saturated carbocycles. The summed E-state index contributed by atoms with van der Waals surface area (Å²) in [5, 5.41) is 8.93. The molecule has 0 radical (unpaired) electrons. The van der Waals surface area contributed by atoms with Gasteiger partial charge in [0.05, 0.1) is 11.1 Å². The number of halogens is 3. The highest BCUT2D eigenvalue weighted by Crippen LogP contribution is 2.29. The average molecular weight is 292 g/mol. The van der Waals surface area contributed by atoms with Crippen LogP contribution < -0.4 is 5.56 Å². The molecule has 0 spiro atoms. The van der Waals surface area contributed by atoms with E-state index >= 15 is 0 Å². The van der Waals surface area contributed by atoms with Crippen molar-refractivity contribution in [3.63, 3.8) is 0 Å². The van der Waals surface area contributed by atoms with Gasteiger partial charge in [-0.05, 0) is 24.6 Å². The van der Waals surface area contributed by atoms with Crippen LogP contribution in [0, 0.1) is 18.3 Å². The van der Waals surface area contributed by atoms with Crippen molar-refractivity contribution in [2.45, 2.75) is 19.5 Å². The summed E-state index contributed by atoms with van der Waals surface area (Å²) in [7, 11) is 0. The molecule has 0 aliphatic carbocycles. The van der Waals surface area contributed by atoms with E-state index in [2.05, 4.69) is 4.98 Å². The molecular formula is C15H11F3N2O. The van der Waals surface area contributed by atoms with Crippen molar-refractivity contribution in [3.8, 4) is 6.07 Å². The molecule has 1 aromatic carbocycles. The highest BCUT2D eigenvalue weighted by Gasteiger charge is 2.30. The van der Waals surface area contributed by atoms with Crippen LogP contribution in [0.15, 0.2) is 35.1 Å². The molecule has 3 nitrogen and oxygen atoms in total. The first-order valence-electron chi connectivity index (χ1n) is 6.10. The minimum atomic E-state index is -4.42. The van der Waals surface area contributed by atoms with E-state index in [9.17, 15) is 18.0 Å². The van der Waals surface area contributed by atoms with Gasteiger partial charge < -0.3 is 4.98 Å². The second kappa shape index (κ2) is 5.44. The largest absolute Gasteiger partial charge is 0.416 e. The van der Waals surface area contributed by atoms with Gasteiger partial charge in [0.2, 0.25) is 0 Å². The van der Waals surface area contributed by atoms with Crippen molar-refractivity contribution in [2.24, 2.45) is 0 Å². The zero-order chi connectivity index (χ0) is 15.6. The number of aromatic amines is 1. The summed E-state index contributed by atoms with van der Waals surface area (Å²) >= 11 is 0. The van der Waals surface area contributed by atoms with E-state index in [0.717, 1.165) is 12.1 Å². The molecular weight excluding hydrogens is 281 g/mol. The third-order valence-corrected chi connectivity index (χ3v) is 3.08. The number of hydrogen-bond donors (Lipinski definition) is 1. The van der Waals surface area contributed by atoms with Crippen LogP contribution in [0.4, 0.5) is 13.2 Å². The van der Waals surface area contributed by atoms with E-state index in [1.54, 1.807) is 6.92 Å². The van der Waals surface area contributed by atoms with Crippen LogP contribution in [-0.4, -0.2) is 4.98 Å². The first kappa shape index (κ1) is 14.9. The van der Waals surface area contributed by atoms with Crippen LogP contribution in [0.2, 0.25) is 0 Å². The molecule has 108 valence electrons. The predicted molar refractivity (Wildman–Crippen MR) is 70.8 cm³/mol. The predicted octanol–water partition coefficient (Wildman–Crippen LogP) is 3.16. The second-order valence-electron chi connectivity index (χ2n) is 4.65. The van der Waals surface area contributed by atoms with Crippen molar-refractivity contribution < 1.29 is 13.2 Å². The van der Waals surface area contributed by atoms with E-state index in [0.29, 0.717) is 16.8 Å². The minimum Gasteiger partial charge on any atom is -0.325 e. The zero-order valence-electron chi connectivity index (χ0n) is 11.1. The lowest BCUT2D eigenvalue weighted by Gasteiger charge is -2.09. The Morgan fingerprint density at radius 1 is 1.29 bits per heavy atom. The number of aromatic nitrogens is 1. The lowest BCUT2D eigenvalue weighted by molar-refractivity contribution is -0.137. The van der Waals surface area contributed by atoms with Crippen LogP contribution in [0.3, 0.4) is 0 Å². The fourth-order valence-electron chi connectivity index (χ4n) is 1.99. The lowest BCUT2D eigenvalue weighted by Crippen LogP contribution is -2.15. The van der Waals surface area contributed by atoms with E-state index in [-0.39, 0.29) is 12.0 Å². The van der Waals surface area contributed by atoms with Crippen LogP contribution in [0.25, 0.3) is 0 Å². The fraction of sp³-hybridized carbons (Fsp3) is 0.200. The first-order chi connectivity index (χ1) is 9.81. The highest BCUT2D eigenvalue weighted by molar-refractivity contribution is 5.37. The lowest BCUT2D eigenvalue weighted by atomic mass is 10.0. The van der Waals surface area contributed by atoms with Crippen molar-refractivity contribution in [3.05, 3.63) is 68.6 Å². The van der Waals surface area contributed by atoms with Gasteiger partial charge >= 0.3 is 6.18 Å². The van der Waals surface area contributed by atoms with Gasteiger partial charge in [0, 0.05) is 17.7 Å². The molecule has 6 heteroatoms. The Balaban J connectivity index is 2.40. The topological polar surface area (TPSA) is 56.6 Å². The standard InChI is InChI=1S/C15H11F3N2O/c1-9-12(8-19)7-11(14(21)20-9)5-10-3-2-4-13(6-10)15(16,17)18/h2-4,6-7H,5H2,1H3,(H,20,21). The number of H-pyrrole nitrogens is 1. The van der Waals surface area contributed by atoms with Gasteiger partial charge in [-0.1, -0.05) is 18.2 Å². The summed E-state index contributed by atoms with van der Waals surface area (Å²) in [4.78, 5) is 14.3. The monoisotopic (exact) mass is 292 g/mol. The maximum atomic E-state index is 12.6. The number of nitrogens with one attached hydrogen (secondary N) is 1. The normalized spacial score (nSPS) is 11.2. The van der Waals surface area contributed by atoms with E-state index < -0.39 is 17.3 Å². The number of alkyl halides is 3. The van der Waals surface area contributed by atoms with Crippen LogP contribution >= 0.6 is 0 Å². The SMILES string of the molecule is Cc1[nH]c(=O)c(Cc2cccc(C(F)(F)F)c2)cc1C#N. The van der Waals surface area contributed by atoms with E-state index in [4.69, 9.17) is 5.26 Å². The van der Waals surface area contributed by atoms with Crippen LogP contribution in [0.1, 0.15) is 27.9 Å². The summed E-state index contributed by atoms with van der Waals surface area (Å²) < 4.78 is 37.9. The number of hydrogen-bond acceptors (Lipinski definition) is 2. The molecule has 2 aromatic rings. The number of nitriles is 1. The molecule has 1 aromatic heterocycles. The number of pyridine rings is 1. The number of benzene rings is 1. The van der Waals surface area contributed by atoms with E-state index in [1.807, 2.05) is 6.07 Å². The van der Waals surface area contributed by atoms with Gasteiger partial charge in [-0.2, -0.15) is 18.4 Å². The first-order valence-corrected chi connectivity index (χ1v) is 6.10. The number of rotatable bonds is 2. The van der Waals surface area contributed by atoms with Crippen molar-refractivity contribution in [2.75, 3.05) is 0 Å². The Morgan fingerprint density at radius 3 is 2.62 bits per heavy atom. The maximum Gasteiger partial charge on any atom is 0.416 e. The third-order valence-electron chi connectivity index (χ3n) is 3.08. The van der Waals surface area contributed by atoms with Gasteiger partial charge in [0.25, 0.3) is 5.56 Å². The van der Waals surface area contributed by atoms with E-state index in [1.165, 1.54) is 18.2 Å². The molecule has 0 fully saturated rings.